The van der Waals surface area contributed by atoms with E-state index in [0.29, 0.717) is 0 Å². The van der Waals surface area contributed by atoms with Crippen molar-refractivity contribution in [2.45, 2.75) is 36.0 Å². The van der Waals surface area contributed by atoms with Gasteiger partial charge in [-0.05, 0) is 19.8 Å². The Morgan fingerprint density at radius 3 is 2.81 bits per heavy atom. The Morgan fingerprint density at radius 1 is 1.62 bits per heavy atom. The van der Waals surface area contributed by atoms with Crippen LogP contribution in [-0.2, 0) is 14.3 Å². The highest BCUT2D eigenvalue weighted by atomic mass is 127. The molecule has 1 rings (SSSR count). The van der Waals surface area contributed by atoms with Crippen molar-refractivity contribution < 1.29 is 23.1 Å². The van der Waals surface area contributed by atoms with Gasteiger partial charge in [-0.15, -0.1) is 0 Å². The largest absolute Gasteiger partial charge is 0.466 e. The lowest BCUT2D eigenvalue weighted by atomic mass is 10.0. The number of hydrogen-bond donors (Lipinski definition) is 0. The molecule has 0 aromatic heterocycles. The predicted molar refractivity (Wildman–Crippen MR) is 61.7 cm³/mol. The second-order valence-electron chi connectivity index (χ2n) is 3.74. The minimum absolute atomic E-state index is 0.00185. The number of hydrogen-bond acceptors (Lipinski definition) is 3. The van der Waals surface area contributed by atoms with Gasteiger partial charge >= 0.3 is 11.9 Å². The Bertz CT molecular complexity index is 294. The van der Waals surface area contributed by atoms with Crippen LogP contribution in [0.3, 0.4) is 0 Å². The first kappa shape index (κ1) is 13.8. The SMILES string of the molecule is CCOC(=O)C1CCC(=O)C(F)(F)C(I)C1. The molecule has 92 valence electrons. The Labute approximate surface area is 106 Å². The van der Waals surface area contributed by atoms with Gasteiger partial charge in [-0.3, -0.25) is 9.59 Å². The quantitative estimate of drug-likeness (QED) is 0.334. The van der Waals surface area contributed by atoms with E-state index < -0.39 is 27.5 Å². The fourth-order valence-corrected chi connectivity index (χ4v) is 2.60. The van der Waals surface area contributed by atoms with Crippen molar-refractivity contribution in [2.75, 3.05) is 6.61 Å². The molecule has 0 bridgehead atoms. The van der Waals surface area contributed by atoms with E-state index in [2.05, 4.69) is 0 Å². The van der Waals surface area contributed by atoms with E-state index in [4.69, 9.17) is 4.74 Å². The Kier molecular flexibility index (Phi) is 4.63. The average molecular weight is 346 g/mol. The monoisotopic (exact) mass is 346 g/mol. The summed E-state index contributed by atoms with van der Waals surface area (Å²) in [5, 5.41) is 0. The van der Waals surface area contributed by atoms with Gasteiger partial charge in [-0.1, -0.05) is 22.6 Å². The molecule has 16 heavy (non-hydrogen) atoms. The molecule has 0 amide bonds. The second kappa shape index (κ2) is 5.37. The van der Waals surface area contributed by atoms with Crippen LogP contribution in [0.4, 0.5) is 8.78 Å². The maximum absolute atomic E-state index is 13.4. The fraction of sp³-hybridized carbons (Fsp3) is 0.800. The van der Waals surface area contributed by atoms with Gasteiger partial charge < -0.3 is 4.74 Å². The highest BCUT2D eigenvalue weighted by Gasteiger charge is 2.49. The van der Waals surface area contributed by atoms with E-state index in [1.165, 1.54) is 22.6 Å². The van der Waals surface area contributed by atoms with Gasteiger partial charge in [0.25, 0.3) is 0 Å². The molecule has 0 N–H and O–H groups in total. The summed E-state index contributed by atoms with van der Waals surface area (Å²) in [4.78, 5) is 22.6. The molecular formula is C10H13F2IO3. The zero-order valence-electron chi connectivity index (χ0n) is 8.84. The predicted octanol–water partition coefficient (Wildman–Crippen LogP) is 2.36. The van der Waals surface area contributed by atoms with Crippen LogP contribution in [0.15, 0.2) is 0 Å². The van der Waals surface area contributed by atoms with Crippen molar-refractivity contribution in [1.82, 2.24) is 0 Å². The number of ether oxygens (including phenoxy) is 1. The number of rotatable bonds is 2. The van der Waals surface area contributed by atoms with Crippen LogP contribution in [0.1, 0.15) is 26.2 Å². The molecule has 0 heterocycles. The van der Waals surface area contributed by atoms with Crippen molar-refractivity contribution in [3.63, 3.8) is 0 Å². The molecule has 1 saturated carbocycles. The van der Waals surface area contributed by atoms with Crippen LogP contribution in [0.2, 0.25) is 0 Å². The molecule has 0 aliphatic heterocycles. The molecule has 0 aromatic carbocycles. The van der Waals surface area contributed by atoms with Crippen molar-refractivity contribution in [3.05, 3.63) is 0 Å². The molecule has 3 nitrogen and oxygen atoms in total. The van der Waals surface area contributed by atoms with Crippen LogP contribution in [0, 0.1) is 5.92 Å². The third-order valence-corrected chi connectivity index (χ3v) is 3.89. The molecule has 6 heteroatoms. The van der Waals surface area contributed by atoms with Gasteiger partial charge in [0.15, 0.2) is 0 Å². The number of esters is 1. The highest BCUT2D eigenvalue weighted by Crippen LogP contribution is 2.37. The first-order valence-corrected chi connectivity index (χ1v) is 6.36. The van der Waals surface area contributed by atoms with Crippen LogP contribution in [0.25, 0.3) is 0 Å². The Morgan fingerprint density at radius 2 is 2.25 bits per heavy atom. The number of carbonyl (C=O) groups is 2. The summed E-state index contributed by atoms with van der Waals surface area (Å²) in [7, 11) is 0. The van der Waals surface area contributed by atoms with Gasteiger partial charge in [0, 0.05) is 6.42 Å². The lowest BCUT2D eigenvalue weighted by Gasteiger charge is -2.19. The molecule has 1 fully saturated rings. The zero-order chi connectivity index (χ0) is 12.3. The first-order valence-electron chi connectivity index (χ1n) is 5.11. The Hall–Kier alpha value is -0.270. The van der Waals surface area contributed by atoms with E-state index >= 15 is 0 Å². The second-order valence-corrected chi connectivity index (χ2v) is 5.24. The lowest BCUT2D eigenvalue weighted by Crippen LogP contribution is -2.36. The topological polar surface area (TPSA) is 43.4 Å². The number of alkyl halides is 3. The standard InChI is InChI=1S/C10H13F2IO3/c1-2-16-9(15)6-3-4-8(14)10(11,12)7(13)5-6/h6-7H,2-5H2,1H3. The van der Waals surface area contributed by atoms with Gasteiger partial charge in [0.1, 0.15) is 0 Å². The maximum atomic E-state index is 13.4. The normalized spacial score (nSPS) is 29.6. The summed E-state index contributed by atoms with van der Waals surface area (Å²) in [6, 6.07) is 0. The molecule has 2 atom stereocenters. The van der Waals surface area contributed by atoms with Gasteiger partial charge in [-0.2, -0.15) is 8.78 Å². The van der Waals surface area contributed by atoms with Crippen LogP contribution < -0.4 is 0 Å². The fourth-order valence-electron chi connectivity index (χ4n) is 1.64. The van der Waals surface area contributed by atoms with Gasteiger partial charge in [0.05, 0.1) is 16.4 Å². The van der Waals surface area contributed by atoms with Gasteiger partial charge in [-0.25, -0.2) is 0 Å². The third kappa shape index (κ3) is 2.89. The van der Waals surface area contributed by atoms with Crippen molar-refractivity contribution in [3.8, 4) is 0 Å². The highest BCUT2D eigenvalue weighted by molar-refractivity contribution is 14.1. The first-order chi connectivity index (χ1) is 7.39. The number of halogens is 3. The smallest absolute Gasteiger partial charge is 0.316 e. The van der Waals surface area contributed by atoms with E-state index in [-0.39, 0.29) is 25.9 Å². The summed E-state index contributed by atoms with van der Waals surface area (Å²) < 4.78 is 30.4. The summed E-state index contributed by atoms with van der Waals surface area (Å²) in [5.41, 5.74) is 0. The van der Waals surface area contributed by atoms with E-state index in [0.717, 1.165) is 0 Å². The maximum Gasteiger partial charge on any atom is 0.316 e. The van der Waals surface area contributed by atoms with Crippen molar-refractivity contribution in [2.24, 2.45) is 5.92 Å². The van der Waals surface area contributed by atoms with E-state index in [9.17, 15) is 18.4 Å². The number of Topliss-reactive ketones (excluding diaryl/α,β-unsaturated/α-hetero) is 1. The summed E-state index contributed by atoms with van der Waals surface area (Å²) in [6.45, 7) is 1.89. The molecule has 1 aliphatic rings. The van der Waals surface area contributed by atoms with Crippen LogP contribution in [0.5, 0.6) is 0 Å². The lowest BCUT2D eigenvalue weighted by molar-refractivity contribution is -0.148. The Balaban J connectivity index is 2.74. The molecular weight excluding hydrogens is 333 g/mol. The minimum Gasteiger partial charge on any atom is -0.466 e. The van der Waals surface area contributed by atoms with Crippen LogP contribution >= 0.6 is 22.6 Å². The van der Waals surface area contributed by atoms with Gasteiger partial charge in [0.2, 0.25) is 5.78 Å². The molecule has 2 unspecified atom stereocenters. The molecule has 0 saturated heterocycles. The van der Waals surface area contributed by atoms with Crippen molar-refractivity contribution in [1.29, 1.82) is 0 Å². The number of ketones is 1. The third-order valence-electron chi connectivity index (χ3n) is 2.60. The summed E-state index contributed by atoms with van der Waals surface area (Å²) >= 11 is 1.54. The summed E-state index contributed by atoms with van der Waals surface area (Å²) in [5.74, 6) is -5.45. The molecule has 0 aromatic rings. The number of carbonyl (C=O) groups excluding carboxylic acids is 2. The van der Waals surface area contributed by atoms with E-state index in [1.807, 2.05) is 0 Å². The molecule has 0 radical (unpaired) electrons. The van der Waals surface area contributed by atoms with Crippen molar-refractivity contribution >= 4 is 34.3 Å². The zero-order valence-corrected chi connectivity index (χ0v) is 11.0. The van der Waals surface area contributed by atoms with E-state index in [1.54, 1.807) is 6.92 Å². The van der Waals surface area contributed by atoms with Crippen LogP contribution in [-0.4, -0.2) is 28.2 Å². The molecule has 1 aliphatic carbocycles. The molecule has 0 spiro atoms. The average Bonchev–Trinajstić information content (AvgIpc) is 2.31. The summed E-state index contributed by atoms with van der Waals surface area (Å²) in [6.07, 6.45) is -0.0964. The minimum atomic E-state index is -3.32.